The predicted octanol–water partition coefficient (Wildman–Crippen LogP) is 4.10. The molecule has 2 aromatic carbocycles. The largest absolute Gasteiger partial charge is 0.462 e. The Labute approximate surface area is 213 Å². The second-order valence-electron chi connectivity index (χ2n) is 9.77. The van der Waals surface area contributed by atoms with Gasteiger partial charge in [-0.15, -0.1) is 10.2 Å². The molecule has 0 aliphatic carbocycles. The van der Waals surface area contributed by atoms with Crippen molar-refractivity contribution in [2.24, 2.45) is 4.99 Å². The van der Waals surface area contributed by atoms with E-state index in [0.29, 0.717) is 31.0 Å². The third-order valence-electron chi connectivity index (χ3n) is 6.12. The molecule has 0 atom stereocenters. The molecule has 4 heterocycles. The molecule has 37 heavy (non-hydrogen) atoms. The summed E-state index contributed by atoms with van der Waals surface area (Å²) in [6.07, 6.45) is 5.07. The number of nitrogens with one attached hydrogen (secondary N) is 3. The van der Waals surface area contributed by atoms with Gasteiger partial charge in [0.05, 0.1) is 17.7 Å². The summed E-state index contributed by atoms with van der Waals surface area (Å²) >= 11 is 0. The second-order valence-corrected chi connectivity index (χ2v) is 9.77. The van der Waals surface area contributed by atoms with E-state index in [9.17, 15) is 0 Å². The number of aliphatic imine (C=N–C) groups is 1. The van der Waals surface area contributed by atoms with Crippen LogP contribution in [0.1, 0.15) is 30.8 Å². The van der Waals surface area contributed by atoms with Gasteiger partial charge in [-0.2, -0.15) is 0 Å². The van der Waals surface area contributed by atoms with Gasteiger partial charge in [0, 0.05) is 22.8 Å². The molecule has 188 valence electrons. The van der Waals surface area contributed by atoms with E-state index in [-0.39, 0.29) is 5.54 Å². The van der Waals surface area contributed by atoms with Crippen LogP contribution in [0, 0.1) is 13.8 Å². The lowest BCUT2D eigenvalue weighted by atomic mass is 10.1. The molecular formula is C26H27N9O2. The molecule has 0 fully saturated rings. The number of hydrogen-bond donors (Lipinski definition) is 3. The molecule has 2 aliphatic rings. The number of fused-ring (bicyclic) bond motifs is 2. The highest BCUT2D eigenvalue weighted by Crippen LogP contribution is 2.32. The first-order valence-electron chi connectivity index (χ1n) is 12.0. The van der Waals surface area contributed by atoms with Gasteiger partial charge in [0.1, 0.15) is 30.8 Å². The Hall–Kier alpha value is -4.67. The Kier molecular flexibility index (Phi) is 5.40. The maximum Gasteiger partial charge on any atom is 0.289 e. The van der Waals surface area contributed by atoms with Crippen molar-refractivity contribution in [1.29, 1.82) is 0 Å². The molecule has 4 aromatic rings. The van der Waals surface area contributed by atoms with Gasteiger partial charge in [-0.25, -0.2) is 15.0 Å². The lowest BCUT2D eigenvalue weighted by molar-refractivity contribution is 0.278. The predicted molar refractivity (Wildman–Crippen MR) is 142 cm³/mol. The van der Waals surface area contributed by atoms with Crippen LogP contribution in [0.3, 0.4) is 0 Å². The van der Waals surface area contributed by atoms with Gasteiger partial charge in [0.15, 0.2) is 11.7 Å². The molecule has 0 saturated carbocycles. The number of nitrogens with zero attached hydrogens (tertiary/aromatic N) is 6. The minimum atomic E-state index is -0.233. The molecule has 0 unspecified atom stereocenters. The van der Waals surface area contributed by atoms with Crippen molar-refractivity contribution >= 4 is 40.2 Å². The van der Waals surface area contributed by atoms with E-state index in [1.807, 2.05) is 68.7 Å². The maximum atomic E-state index is 6.20. The number of amidine groups is 1. The molecule has 11 heteroatoms. The van der Waals surface area contributed by atoms with E-state index in [4.69, 9.17) is 9.47 Å². The van der Waals surface area contributed by atoms with Crippen LogP contribution in [-0.2, 0) is 11.4 Å². The average Bonchev–Trinajstić information content (AvgIpc) is 3.47. The number of anilines is 3. The molecule has 0 saturated heterocycles. The lowest BCUT2D eigenvalue weighted by Crippen LogP contribution is -2.26. The fourth-order valence-corrected chi connectivity index (χ4v) is 4.33. The van der Waals surface area contributed by atoms with Crippen molar-refractivity contribution in [1.82, 2.24) is 30.0 Å². The van der Waals surface area contributed by atoms with Crippen molar-refractivity contribution in [3.05, 3.63) is 65.8 Å². The molecule has 2 aliphatic heterocycles. The smallest absolute Gasteiger partial charge is 0.289 e. The number of benzene rings is 2. The summed E-state index contributed by atoms with van der Waals surface area (Å²) in [7, 11) is 0. The van der Waals surface area contributed by atoms with E-state index in [2.05, 4.69) is 41.1 Å². The molecule has 0 spiro atoms. The Morgan fingerprint density at radius 2 is 1.89 bits per heavy atom. The lowest BCUT2D eigenvalue weighted by Gasteiger charge is -2.20. The van der Waals surface area contributed by atoms with Crippen LogP contribution < -0.4 is 20.7 Å². The number of aromatic nitrogens is 5. The fraction of sp³-hybridized carbons (Fsp3) is 0.269. The third-order valence-corrected chi connectivity index (χ3v) is 6.12. The first-order valence-corrected chi connectivity index (χ1v) is 12.0. The van der Waals surface area contributed by atoms with Crippen LogP contribution in [0.25, 0.3) is 17.0 Å². The first-order chi connectivity index (χ1) is 17.8. The highest BCUT2D eigenvalue weighted by molar-refractivity contribution is 5.97. The molecule has 0 amide bonds. The molecule has 2 aromatic heterocycles. The normalized spacial score (nSPS) is 15.8. The van der Waals surface area contributed by atoms with E-state index in [1.54, 1.807) is 12.7 Å². The van der Waals surface area contributed by atoms with Crippen LogP contribution >= 0.6 is 0 Å². The van der Waals surface area contributed by atoms with Crippen LogP contribution in [0.15, 0.2) is 53.9 Å². The van der Waals surface area contributed by atoms with Gasteiger partial charge in [-0.3, -0.25) is 4.57 Å². The average molecular weight is 498 g/mol. The number of rotatable bonds is 5. The minimum absolute atomic E-state index is 0.233. The minimum Gasteiger partial charge on any atom is -0.462 e. The quantitative estimate of drug-likeness (QED) is 0.374. The zero-order chi connectivity index (χ0) is 25.6. The second kappa shape index (κ2) is 8.77. The first kappa shape index (κ1) is 22.8. The van der Waals surface area contributed by atoms with Gasteiger partial charge in [0.2, 0.25) is 0 Å². The van der Waals surface area contributed by atoms with Gasteiger partial charge in [0.25, 0.3) is 6.02 Å². The summed E-state index contributed by atoms with van der Waals surface area (Å²) in [6.45, 7) is 9.21. The number of ether oxygens (including phenoxy) is 2. The van der Waals surface area contributed by atoms with Gasteiger partial charge in [-0.05, 0) is 69.2 Å². The van der Waals surface area contributed by atoms with Crippen molar-refractivity contribution in [3.63, 3.8) is 0 Å². The zero-order valence-corrected chi connectivity index (χ0v) is 21.0. The third kappa shape index (κ3) is 4.63. The van der Waals surface area contributed by atoms with E-state index >= 15 is 0 Å². The van der Waals surface area contributed by atoms with E-state index < -0.39 is 0 Å². The van der Waals surface area contributed by atoms with Crippen molar-refractivity contribution in [2.45, 2.75) is 39.9 Å². The van der Waals surface area contributed by atoms with Crippen LogP contribution in [0.4, 0.5) is 17.2 Å². The van der Waals surface area contributed by atoms with Crippen molar-refractivity contribution < 1.29 is 9.47 Å². The van der Waals surface area contributed by atoms with Gasteiger partial charge < -0.3 is 25.4 Å². The highest BCUT2D eigenvalue weighted by atomic mass is 16.5. The summed E-state index contributed by atoms with van der Waals surface area (Å²) in [5.74, 6) is 2.87. The Morgan fingerprint density at radius 3 is 2.68 bits per heavy atom. The number of hydrogen-bond acceptors (Lipinski definition) is 10. The van der Waals surface area contributed by atoms with Gasteiger partial charge in [-0.1, -0.05) is 0 Å². The van der Waals surface area contributed by atoms with Crippen molar-refractivity contribution in [2.75, 3.05) is 17.2 Å². The molecule has 3 N–H and O–H groups in total. The monoisotopic (exact) mass is 497 g/mol. The Balaban J connectivity index is 1.25. The Bertz CT molecular complexity index is 1550. The molecule has 6 rings (SSSR count). The summed E-state index contributed by atoms with van der Waals surface area (Å²) < 4.78 is 13.8. The van der Waals surface area contributed by atoms with Crippen molar-refractivity contribution in [3.8, 4) is 5.75 Å². The SMILES string of the molecule is Cc1cc(Nc2ncnc3ccc(NC4=NC(C)(C)CO4)cc23)cc(C)c1OC1=Cc2nncn2CN1. The molecule has 0 radical (unpaired) electrons. The van der Waals surface area contributed by atoms with Gasteiger partial charge >= 0.3 is 0 Å². The fourth-order valence-electron chi connectivity index (χ4n) is 4.33. The molecule has 0 bridgehead atoms. The van der Waals surface area contributed by atoms with E-state index in [0.717, 1.165) is 45.0 Å². The van der Waals surface area contributed by atoms with E-state index in [1.165, 1.54) is 0 Å². The Morgan fingerprint density at radius 1 is 1.05 bits per heavy atom. The summed E-state index contributed by atoms with van der Waals surface area (Å²) in [6, 6.07) is 10.5. The topological polar surface area (TPSA) is 123 Å². The molecule has 11 nitrogen and oxygen atoms in total. The zero-order valence-electron chi connectivity index (χ0n) is 21.0. The summed E-state index contributed by atoms with van der Waals surface area (Å²) in [4.78, 5) is 13.5. The number of aryl methyl sites for hydroxylation is 2. The standard InChI is InChI=1S/C26H27N9O2/c1-15-7-18(8-16(2)23(15)37-22-10-21-34-30-14-35(21)13-29-22)31-24-19-9-17(5-6-20(19)27-12-28-24)32-25-33-26(3,4)11-36-25/h5-10,12,14,29H,11,13H2,1-4H3,(H,32,33)(H,27,28,31). The summed E-state index contributed by atoms with van der Waals surface area (Å²) in [5.41, 5.74) is 4.31. The molecular weight excluding hydrogens is 470 g/mol. The highest BCUT2D eigenvalue weighted by Gasteiger charge is 2.26. The van der Waals surface area contributed by atoms with Crippen LogP contribution in [0.2, 0.25) is 0 Å². The summed E-state index contributed by atoms with van der Waals surface area (Å²) in [5, 5.41) is 18.9. The van der Waals surface area contributed by atoms with Crippen LogP contribution in [-0.4, -0.2) is 42.9 Å². The maximum absolute atomic E-state index is 6.20. The van der Waals surface area contributed by atoms with Crippen LogP contribution in [0.5, 0.6) is 5.75 Å².